The van der Waals surface area contributed by atoms with Gasteiger partial charge in [-0.3, -0.25) is 0 Å². The SMILES string of the molecule is CC(C)(C)OC(=O)N1Cc2cc(C(F)(F)F)ccc2C(CO)C1. The van der Waals surface area contributed by atoms with Gasteiger partial charge >= 0.3 is 12.3 Å². The average Bonchev–Trinajstić information content (AvgIpc) is 2.42. The predicted octanol–water partition coefficient (Wildman–Crippen LogP) is 3.53. The number of fused-ring (bicyclic) bond motifs is 1. The Bertz CT molecular complexity index is 593. The Morgan fingerprint density at radius 1 is 1.35 bits per heavy atom. The maximum Gasteiger partial charge on any atom is 0.416 e. The fourth-order valence-electron chi connectivity index (χ4n) is 2.57. The smallest absolute Gasteiger partial charge is 0.416 e. The van der Waals surface area contributed by atoms with Crippen molar-refractivity contribution in [2.45, 2.75) is 45.0 Å². The third-order valence-electron chi connectivity index (χ3n) is 3.58. The summed E-state index contributed by atoms with van der Waals surface area (Å²) >= 11 is 0. The van der Waals surface area contributed by atoms with Crippen LogP contribution in [-0.2, 0) is 17.5 Å². The van der Waals surface area contributed by atoms with E-state index in [0.29, 0.717) is 11.1 Å². The maximum absolute atomic E-state index is 12.9. The van der Waals surface area contributed by atoms with E-state index >= 15 is 0 Å². The molecule has 1 N–H and O–H groups in total. The number of nitrogens with zero attached hydrogens (tertiary/aromatic N) is 1. The first-order valence-corrected chi connectivity index (χ1v) is 7.30. The second-order valence-electron chi connectivity index (χ2n) is 6.65. The Morgan fingerprint density at radius 3 is 2.52 bits per heavy atom. The summed E-state index contributed by atoms with van der Waals surface area (Å²) in [6.07, 6.45) is -5.04. The number of hydrogen-bond acceptors (Lipinski definition) is 3. The number of alkyl halides is 3. The van der Waals surface area contributed by atoms with Crippen LogP contribution in [0, 0.1) is 0 Å². The highest BCUT2D eigenvalue weighted by molar-refractivity contribution is 5.69. The van der Waals surface area contributed by atoms with Crippen molar-refractivity contribution < 1.29 is 27.8 Å². The molecule has 1 heterocycles. The van der Waals surface area contributed by atoms with Gasteiger partial charge in [-0.2, -0.15) is 13.2 Å². The Kier molecular flexibility index (Phi) is 4.61. The van der Waals surface area contributed by atoms with E-state index < -0.39 is 29.4 Å². The number of benzene rings is 1. The fraction of sp³-hybridized carbons (Fsp3) is 0.562. The summed E-state index contributed by atoms with van der Waals surface area (Å²) in [5.74, 6) is -0.423. The van der Waals surface area contributed by atoms with E-state index in [1.165, 1.54) is 11.0 Å². The molecule has 0 saturated carbocycles. The Hall–Kier alpha value is -1.76. The summed E-state index contributed by atoms with van der Waals surface area (Å²) in [7, 11) is 0. The molecular weight excluding hydrogens is 311 g/mol. The molecule has 1 amide bonds. The Morgan fingerprint density at radius 2 is 2.00 bits per heavy atom. The van der Waals surface area contributed by atoms with Gasteiger partial charge in [-0.1, -0.05) is 6.07 Å². The largest absolute Gasteiger partial charge is 0.444 e. The Labute approximate surface area is 132 Å². The summed E-state index contributed by atoms with van der Waals surface area (Å²) in [5.41, 5.74) is -0.435. The standard InChI is InChI=1S/C16H20F3NO3/c1-15(2,3)23-14(22)20-7-10-6-12(16(17,18)19)4-5-13(10)11(8-20)9-21/h4-6,11,21H,7-9H2,1-3H3. The first-order valence-electron chi connectivity index (χ1n) is 7.30. The molecule has 7 heteroatoms. The van der Waals surface area contributed by atoms with Crippen LogP contribution in [0.4, 0.5) is 18.0 Å². The number of aliphatic hydroxyl groups is 1. The van der Waals surface area contributed by atoms with Crippen molar-refractivity contribution in [1.82, 2.24) is 4.90 Å². The van der Waals surface area contributed by atoms with E-state index in [9.17, 15) is 23.1 Å². The van der Waals surface area contributed by atoms with Gasteiger partial charge in [-0.25, -0.2) is 4.79 Å². The second-order valence-corrected chi connectivity index (χ2v) is 6.65. The molecular formula is C16H20F3NO3. The maximum atomic E-state index is 12.9. The minimum Gasteiger partial charge on any atom is -0.444 e. The number of carbonyl (C=O) groups excluding carboxylic acids is 1. The molecule has 0 bridgehead atoms. The van der Waals surface area contributed by atoms with Gasteiger partial charge in [0.05, 0.1) is 12.2 Å². The summed E-state index contributed by atoms with van der Waals surface area (Å²) in [5, 5.41) is 9.50. The molecule has 0 aromatic heterocycles. The van der Waals surface area contributed by atoms with Crippen LogP contribution in [0.2, 0.25) is 0 Å². The molecule has 128 valence electrons. The van der Waals surface area contributed by atoms with E-state index in [0.717, 1.165) is 12.1 Å². The van der Waals surface area contributed by atoms with Gasteiger partial charge in [0.2, 0.25) is 0 Å². The second kappa shape index (κ2) is 6.03. The molecule has 1 aromatic rings. The first kappa shape index (κ1) is 17.6. The summed E-state index contributed by atoms with van der Waals surface area (Å²) in [4.78, 5) is 13.5. The topological polar surface area (TPSA) is 49.8 Å². The number of aliphatic hydroxyl groups excluding tert-OH is 1. The molecule has 1 aliphatic heterocycles. The van der Waals surface area contributed by atoms with Gasteiger partial charge in [0, 0.05) is 19.0 Å². The molecule has 23 heavy (non-hydrogen) atoms. The lowest BCUT2D eigenvalue weighted by Gasteiger charge is -2.35. The van der Waals surface area contributed by atoms with Crippen molar-refractivity contribution in [3.05, 3.63) is 34.9 Å². The van der Waals surface area contributed by atoms with Gasteiger partial charge < -0.3 is 14.7 Å². The van der Waals surface area contributed by atoms with Crippen molar-refractivity contribution in [1.29, 1.82) is 0 Å². The normalized spacial score (nSPS) is 18.6. The zero-order valence-corrected chi connectivity index (χ0v) is 13.3. The molecule has 0 fully saturated rings. The van der Waals surface area contributed by atoms with E-state index in [2.05, 4.69) is 0 Å². The average molecular weight is 331 g/mol. The number of hydrogen-bond donors (Lipinski definition) is 1. The van der Waals surface area contributed by atoms with Crippen LogP contribution in [0.25, 0.3) is 0 Å². The van der Waals surface area contributed by atoms with Crippen molar-refractivity contribution >= 4 is 6.09 Å². The van der Waals surface area contributed by atoms with Crippen LogP contribution in [0.5, 0.6) is 0 Å². The molecule has 0 radical (unpaired) electrons. The van der Waals surface area contributed by atoms with Crippen molar-refractivity contribution in [3.63, 3.8) is 0 Å². The van der Waals surface area contributed by atoms with Gasteiger partial charge in [-0.15, -0.1) is 0 Å². The fourth-order valence-corrected chi connectivity index (χ4v) is 2.57. The molecule has 0 spiro atoms. The van der Waals surface area contributed by atoms with Gasteiger partial charge in [0.1, 0.15) is 5.60 Å². The van der Waals surface area contributed by atoms with Gasteiger partial charge in [-0.05, 0) is 44.0 Å². The lowest BCUT2D eigenvalue weighted by atomic mass is 9.89. The summed E-state index contributed by atoms with van der Waals surface area (Å²) in [6.45, 7) is 5.14. The van der Waals surface area contributed by atoms with Crippen LogP contribution < -0.4 is 0 Å². The van der Waals surface area contributed by atoms with E-state index in [4.69, 9.17) is 4.74 Å². The van der Waals surface area contributed by atoms with Crippen molar-refractivity contribution in [3.8, 4) is 0 Å². The molecule has 1 atom stereocenters. The third kappa shape index (κ3) is 4.16. The zero-order chi connectivity index (χ0) is 17.4. The van der Waals surface area contributed by atoms with Crippen LogP contribution in [0.1, 0.15) is 43.4 Å². The monoisotopic (exact) mass is 331 g/mol. The quantitative estimate of drug-likeness (QED) is 0.856. The molecule has 1 unspecified atom stereocenters. The third-order valence-corrected chi connectivity index (χ3v) is 3.58. The summed E-state index contributed by atoms with van der Waals surface area (Å²) in [6, 6.07) is 3.42. The van der Waals surface area contributed by atoms with Crippen LogP contribution >= 0.6 is 0 Å². The highest BCUT2D eigenvalue weighted by Crippen LogP contribution is 2.35. The van der Waals surface area contributed by atoms with Crippen LogP contribution in [0.15, 0.2) is 18.2 Å². The first-order chi connectivity index (χ1) is 10.5. The number of amides is 1. The van der Waals surface area contributed by atoms with Crippen molar-refractivity contribution in [2.24, 2.45) is 0 Å². The molecule has 2 rings (SSSR count). The number of halogens is 3. The molecule has 4 nitrogen and oxygen atoms in total. The zero-order valence-electron chi connectivity index (χ0n) is 13.3. The number of ether oxygens (including phenoxy) is 1. The Balaban J connectivity index is 2.30. The van der Waals surface area contributed by atoms with Crippen LogP contribution in [0.3, 0.4) is 0 Å². The van der Waals surface area contributed by atoms with E-state index in [1.807, 2.05) is 0 Å². The summed E-state index contributed by atoms with van der Waals surface area (Å²) < 4.78 is 43.8. The van der Waals surface area contributed by atoms with Gasteiger partial charge in [0.15, 0.2) is 0 Å². The van der Waals surface area contributed by atoms with E-state index in [-0.39, 0.29) is 19.7 Å². The minimum absolute atomic E-state index is 0.0324. The molecule has 1 aliphatic rings. The van der Waals surface area contributed by atoms with Gasteiger partial charge in [0.25, 0.3) is 0 Å². The highest BCUT2D eigenvalue weighted by Gasteiger charge is 2.35. The number of carbonyl (C=O) groups is 1. The van der Waals surface area contributed by atoms with Crippen molar-refractivity contribution in [2.75, 3.05) is 13.2 Å². The van der Waals surface area contributed by atoms with E-state index in [1.54, 1.807) is 20.8 Å². The lowest BCUT2D eigenvalue weighted by molar-refractivity contribution is -0.137. The van der Waals surface area contributed by atoms with Crippen LogP contribution in [-0.4, -0.2) is 34.9 Å². The molecule has 0 saturated heterocycles. The molecule has 0 aliphatic carbocycles. The lowest BCUT2D eigenvalue weighted by Crippen LogP contribution is -2.42. The highest BCUT2D eigenvalue weighted by atomic mass is 19.4. The minimum atomic E-state index is -4.45. The molecule has 1 aromatic carbocycles. The predicted molar refractivity (Wildman–Crippen MR) is 77.9 cm³/mol. The number of rotatable bonds is 1.